The van der Waals surface area contributed by atoms with Crippen LogP contribution in [0.5, 0.6) is 5.75 Å². The summed E-state index contributed by atoms with van der Waals surface area (Å²) in [6.45, 7) is 0.848. The van der Waals surface area contributed by atoms with Crippen LogP contribution in [0.1, 0.15) is 18.2 Å². The fraction of sp³-hybridized carbons (Fsp3) is 0.312. The van der Waals surface area contributed by atoms with Crippen LogP contribution in [0.3, 0.4) is 0 Å². The van der Waals surface area contributed by atoms with Gasteiger partial charge in [0.25, 0.3) is 5.91 Å². The second-order valence-electron chi connectivity index (χ2n) is 5.34. The van der Waals surface area contributed by atoms with Crippen LogP contribution in [-0.2, 0) is 16.6 Å². The quantitative estimate of drug-likeness (QED) is 0.846. The Labute approximate surface area is 136 Å². The third kappa shape index (κ3) is 4.76. The molecule has 2 aromatic rings. The summed E-state index contributed by atoms with van der Waals surface area (Å²) in [6.07, 6.45) is -3.09. The summed E-state index contributed by atoms with van der Waals surface area (Å²) in [5.74, 6) is -0.376. The normalized spacial score (nSPS) is 14.0. The van der Waals surface area contributed by atoms with Gasteiger partial charge in [-0.25, -0.2) is 0 Å². The van der Waals surface area contributed by atoms with Crippen molar-refractivity contribution in [2.75, 3.05) is 13.2 Å². The molecule has 1 unspecified atom stereocenters. The van der Waals surface area contributed by atoms with Crippen LogP contribution in [0.2, 0.25) is 0 Å². The standard InChI is InChI=1S/C16H16F3NO4/c1-15(22,13-6-3-7-23-13)10-20-14(21)9-24-12-5-2-4-11(8-12)16(17,18)19/h2-8,22H,9-10H2,1H3,(H,20,21). The molecule has 1 heterocycles. The number of amides is 1. The summed E-state index contributed by atoms with van der Waals surface area (Å²) < 4.78 is 47.9. The van der Waals surface area contributed by atoms with Crippen molar-refractivity contribution in [3.8, 4) is 5.75 Å². The van der Waals surface area contributed by atoms with Crippen LogP contribution < -0.4 is 10.1 Å². The maximum atomic E-state index is 12.6. The number of halogens is 3. The van der Waals surface area contributed by atoms with Crippen molar-refractivity contribution in [1.29, 1.82) is 0 Å². The molecular weight excluding hydrogens is 327 g/mol. The maximum absolute atomic E-state index is 12.6. The number of hydrogen-bond donors (Lipinski definition) is 2. The van der Waals surface area contributed by atoms with Gasteiger partial charge in [0.05, 0.1) is 18.4 Å². The average Bonchev–Trinajstić information content (AvgIpc) is 3.06. The van der Waals surface area contributed by atoms with Gasteiger partial charge in [-0.2, -0.15) is 13.2 Å². The molecule has 1 amide bonds. The second-order valence-corrected chi connectivity index (χ2v) is 5.34. The summed E-state index contributed by atoms with van der Waals surface area (Å²) in [5.41, 5.74) is -2.27. The third-order valence-electron chi connectivity index (χ3n) is 3.21. The second kappa shape index (κ2) is 6.96. The van der Waals surface area contributed by atoms with Gasteiger partial charge >= 0.3 is 6.18 Å². The maximum Gasteiger partial charge on any atom is 0.416 e. The molecule has 0 bridgehead atoms. The van der Waals surface area contributed by atoms with Gasteiger partial charge in [0, 0.05) is 0 Å². The Morgan fingerprint density at radius 1 is 1.29 bits per heavy atom. The number of rotatable bonds is 6. The fourth-order valence-corrected chi connectivity index (χ4v) is 1.90. The van der Waals surface area contributed by atoms with E-state index in [-0.39, 0.29) is 18.1 Å². The van der Waals surface area contributed by atoms with Crippen molar-refractivity contribution in [3.05, 3.63) is 54.0 Å². The molecule has 2 N–H and O–H groups in total. The molecule has 0 radical (unpaired) electrons. The molecule has 2 rings (SSSR count). The first-order chi connectivity index (χ1) is 11.2. The predicted octanol–water partition coefficient (Wildman–Crippen LogP) is 2.70. The topological polar surface area (TPSA) is 71.7 Å². The number of hydrogen-bond acceptors (Lipinski definition) is 4. The van der Waals surface area contributed by atoms with Crippen molar-refractivity contribution in [2.45, 2.75) is 18.7 Å². The van der Waals surface area contributed by atoms with Gasteiger partial charge in [-0.05, 0) is 37.3 Å². The first kappa shape index (κ1) is 17.9. The van der Waals surface area contributed by atoms with E-state index in [1.807, 2.05) is 0 Å². The number of alkyl halides is 3. The number of nitrogens with one attached hydrogen (secondary N) is 1. The van der Waals surface area contributed by atoms with Crippen molar-refractivity contribution in [1.82, 2.24) is 5.32 Å². The molecule has 1 aromatic carbocycles. The van der Waals surface area contributed by atoms with Gasteiger partial charge in [0.1, 0.15) is 17.1 Å². The summed E-state index contributed by atoms with van der Waals surface area (Å²) in [4.78, 5) is 11.7. The highest BCUT2D eigenvalue weighted by molar-refractivity contribution is 5.77. The summed E-state index contributed by atoms with van der Waals surface area (Å²) in [7, 11) is 0. The van der Waals surface area contributed by atoms with Gasteiger partial charge in [0.15, 0.2) is 6.61 Å². The van der Waals surface area contributed by atoms with Crippen molar-refractivity contribution in [2.24, 2.45) is 0 Å². The van der Waals surface area contributed by atoms with Gasteiger partial charge in [0.2, 0.25) is 0 Å². The summed E-state index contributed by atoms with van der Waals surface area (Å²) in [5, 5.41) is 12.6. The average molecular weight is 343 g/mol. The van der Waals surface area contributed by atoms with E-state index < -0.39 is 29.9 Å². The first-order valence-electron chi connectivity index (χ1n) is 7.01. The minimum atomic E-state index is -4.48. The molecule has 0 aliphatic rings. The molecule has 0 spiro atoms. The fourth-order valence-electron chi connectivity index (χ4n) is 1.90. The van der Waals surface area contributed by atoms with E-state index in [1.165, 1.54) is 25.3 Å². The lowest BCUT2D eigenvalue weighted by atomic mass is 10.0. The Bertz CT molecular complexity index is 681. The molecule has 0 fully saturated rings. The lowest BCUT2D eigenvalue weighted by Crippen LogP contribution is -2.40. The molecule has 130 valence electrons. The highest BCUT2D eigenvalue weighted by Gasteiger charge is 2.30. The molecule has 8 heteroatoms. The van der Waals surface area contributed by atoms with Gasteiger partial charge in [-0.3, -0.25) is 4.79 Å². The van der Waals surface area contributed by atoms with E-state index in [9.17, 15) is 23.1 Å². The van der Waals surface area contributed by atoms with E-state index >= 15 is 0 Å². The largest absolute Gasteiger partial charge is 0.484 e. The zero-order valence-corrected chi connectivity index (χ0v) is 12.8. The van der Waals surface area contributed by atoms with Crippen LogP contribution in [0, 0.1) is 0 Å². The number of aliphatic hydroxyl groups is 1. The number of benzene rings is 1. The molecule has 0 aliphatic heterocycles. The van der Waals surface area contributed by atoms with Crippen LogP contribution in [0.25, 0.3) is 0 Å². The smallest absolute Gasteiger partial charge is 0.416 e. The van der Waals surface area contributed by atoms with Crippen molar-refractivity contribution < 1.29 is 32.2 Å². The number of carbonyl (C=O) groups excluding carboxylic acids is 1. The lowest BCUT2D eigenvalue weighted by molar-refractivity contribution is -0.137. The molecule has 24 heavy (non-hydrogen) atoms. The van der Waals surface area contributed by atoms with E-state index in [0.29, 0.717) is 0 Å². The van der Waals surface area contributed by atoms with Crippen molar-refractivity contribution in [3.63, 3.8) is 0 Å². The van der Waals surface area contributed by atoms with Gasteiger partial charge in [-0.15, -0.1) is 0 Å². The zero-order chi connectivity index (χ0) is 17.8. The Morgan fingerprint density at radius 3 is 2.67 bits per heavy atom. The monoisotopic (exact) mass is 343 g/mol. The minimum Gasteiger partial charge on any atom is -0.484 e. The van der Waals surface area contributed by atoms with Crippen LogP contribution in [-0.4, -0.2) is 24.2 Å². The molecule has 1 aromatic heterocycles. The van der Waals surface area contributed by atoms with E-state index in [1.54, 1.807) is 12.1 Å². The summed E-state index contributed by atoms with van der Waals surface area (Å²) >= 11 is 0. The first-order valence-corrected chi connectivity index (χ1v) is 7.01. The van der Waals surface area contributed by atoms with Crippen LogP contribution >= 0.6 is 0 Å². The van der Waals surface area contributed by atoms with Crippen LogP contribution in [0.15, 0.2) is 47.1 Å². The lowest BCUT2D eigenvalue weighted by Gasteiger charge is -2.21. The molecule has 1 atom stereocenters. The molecule has 5 nitrogen and oxygen atoms in total. The minimum absolute atomic E-state index is 0.0715. The molecule has 0 saturated heterocycles. The van der Waals surface area contributed by atoms with Gasteiger partial charge in [-0.1, -0.05) is 6.07 Å². The number of ether oxygens (including phenoxy) is 1. The number of carbonyl (C=O) groups is 1. The SMILES string of the molecule is CC(O)(CNC(=O)COc1cccc(C(F)(F)F)c1)c1ccco1. The highest BCUT2D eigenvalue weighted by Crippen LogP contribution is 2.31. The zero-order valence-electron chi connectivity index (χ0n) is 12.8. The Kier molecular flexibility index (Phi) is 5.18. The van der Waals surface area contributed by atoms with E-state index in [2.05, 4.69) is 5.32 Å². The Hall–Kier alpha value is -2.48. The predicted molar refractivity (Wildman–Crippen MR) is 78.2 cm³/mol. The van der Waals surface area contributed by atoms with Crippen molar-refractivity contribution >= 4 is 5.91 Å². The molecule has 0 aliphatic carbocycles. The Morgan fingerprint density at radius 2 is 2.04 bits per heavy atom. The summed E-state index contributed by atoms with van der Waals surface area (Å²) in [6, 6.07) is 7.40. The third-order valence-corrected chi connectivity index (χ3v) is 3.21. The van der Waals surface area contributed by atoms with Crippen LogP contribution in [0.4, 0.5) is 13.2 Å². The highest BCUT2D eigenvalue weighted by atomic mass is 19.4. The molecular formula is C16H16F3NO4. The van der Waals surface area contributed by atoms with Gasteiger partial charge < -0.3 is 19.6 Å². The molecule has 0 saturated carbocycles. The van der Waals surface area contributed by atoms with E-state index in [4.69, 9.17) is 9.15 Å². The number of furan rings is 1. The van der Waals surface area contributed by atoms with E-state index in [0.717, 1.165) is 12.1 Å². The Balaban J connectivity index is 1.86.